The van der Waals surface area contributed by atoms with E-state index in [1.165, 1.54) is 18.3 Å². The van der Waals surface area contributed by atoms with Crippen LogP contribution in [0.3, 0.4) is 0 Å². The summed E-state index contributed by atoms with van der Waals surface area (Å²) in [5.74, 6) is -0.706. The lowest BCUT2D eigenvalue weighted by Gasteiger charge is -2.23. The van der Waals surface area contributed by atoms with Crippen molar-refractivity contribution in [3.63, 3.8) is 0 Å². The highest BCUT2D eigenvalue weighted by molar-refractivity contribution is 6.30. The van der Waals surface area contributed by atoms with Gasteiger partial charge in [0.05, 0.1) is 11.3 Å². The predicted molar refractivity (Wildman–Crippen MR) is 103 cm³/mol. The minimum absolute atomic E-state index is 0.0637. The van der Waals surface area contributed by atoms with Gasteiger partial charge in [-0.3, -0.25) is 14.9 Å². The second-order valence-electron chi connectivity index (χ2n) is 6.59. The van der Waals surface area contributed by atoms with Crippen molar-refractivity contribution in [3.8, 4) is 0 Å². The van der Waals surface area contributed by atoms with Gasteiger partial charge in [-0.15, -0.1) is 0 Å². The third-order valence-electron chi connectivity index (χ3n) is 4.71. The number of Topliss-reactive ketones (excluding diaryl/α,β-unsaturated/α-hetero) is 1. The van der Waals surface area contributed by atoms with Crippen molar-refractivity contribution in [2.24, 2.45) is 0 Å². The topological polar surface area (TPSA) is 72.0 Å². The highest BCUT2D eigenvalue weighted by Gasteiger charge is 2.28. The molecule has 0 saturated carbocycles. The summed E-state index contributed by atoms with van der Waals surface area (Å²) >= 11 is 5.83. The largest absolute Gasteiger partial charge is 0.294 e. The monoisotopic (exact) mass is 395 g/mol. The van der Waals surface area contributed by atoms with Gasteiger partial charge in [-0.05, 0) is 54.3 Å². The maximum atomic E-state index is 13.2. The second-order valence-corrected chi connectivity index (χ2v) is 7.03. The van der Waals surface area contributed by atoms with Gasteiger partial charge in [0, 0.05) is 23.2 Å². The molecule has 0 aliphatic heterocycles. The number of benzene rings is 2. The van der Waals surface area contributed by atoms with Crippen LogP contribution in [0.25, 0.3) is 0 Å². The van der Waals surface area contributed by atoms with Crippen LogP contribution in [-0.2, 0) is 6.42 Å². The fourth-order valence-corrected chi connectivity index (χ4v) is 3.38. The molecule has 5 nitrogen and oxygen atoms in total. The van der Waals surface area contributed by atoms with Gasteiger partial charge in [-0.2, -0.15) is 0 Å². The molecule has 3 aromatic rings. The average Bonchev–Trinajstić information content (AvgIpc) is 2.68. The zero-order valence-electron chi connectivity index (χ0n) is 14.7. The van der Waals surface area contributed by atoms with Crippen LogP contribution in [0.4, 0.5) is 10.3 Å². The first-order valence-corrected chi connectivity index (χ1v) is 9.09. The zero-order valence-corrected chi connectivity index (χ0v) is 15.4. The number of fused-ring (bicyclic) bond motifs is 1. The molecule has 1 amide bonds. The van der Waals surface area contributed by atoms with E-state index in [1.807, 2.05) is 0 Å². The van der Waals surface area contributed by atoms with E-state index in [2.05, 4.69) is 15.3 Å². The molecule has 1 aromatic heterocycles. The van der Waals surface area contributed by atoms with E-state index in [1.54, 1.807) is 36.4 Å². The number of amides is 1. The van der Waals surface area contributed by atoms with Gasteiger partial charge in [0.1, 0.15) is 5.82 Å². The van der Waals surface area contributed by atoms with E-state index in [-0.39, 0.29) is 29.4 Å². The summed E-state index contributed by atoms with van der Waals surface area (Å²) in [5, 5.41) is 3.17. The Morgan fingerprint density at radius 1 is 1.07 bits per heavy atom. The van der Waals surface area contributed by atoms with E-state index in [4.69, 9.17) is 11.6 Å². The molecule has 1 atom stereocenters. The van der Waals surface area contributed by atoms with Crippen molar-refractivity contribution in [2.45, 2.75) is 18.8 Å². The van der Waals surface area contributed by atoms with Crippen LogP contribution >= 0.6 is 11.6 Å². The smallest absolute Gasteiger partial charge is 0.258 e. The van der Waals surface area contributed by atoms with Gasteiger partial charge in [-0.1, -0.05) is 23.7 Å². The standard InChI is InChI=1S/C21H15ClFN3O2/c22-15-5-1-13(2-6-15)20(28)26-21-24-11-17-18(25-21)9-14(10-19(17)27)12-3-7-16(23)8-4-12/h1-8,11,14H,9-10H2,(H,24,25,26,28)/t14-/m1/s1. The quantitative estimate of drug-likeness (QED) is 0.711. The Morgan fingerprint density at radius 2 is 1.79 bits per heavy atom. The van der Waals surface area contributed by atoms with Crippen molar-refractivity contribution in [1.29, 1.82) is 0 Å². The van der Waals surface area contributed by atoms with Gasteiger partial charge in [0.2, 0.25) is 5.95 Å². The van der Waals surface area contributed by atoms with Crippen LogP contribution < -0.4 is 5.32 Å². The number of rotatable bonds is 3. The first-order chi connectivity index (χ1) is 13.5. The lowest BCUT2D eigenvalue weighted by atomic mass is 9.82. The number of nitrogens with zero attached hydrogens (tertiary/aromatic N) is 2. The first-order valence-electron chi connectivity index (χ1n) is 8.71. The third kappa shape index (κ3) is 3.77. The predicted octanol–water partition coefficient (Wildman–Crippen LogP) is 4.43. The number of carbonyl (C=O) groups is 2. The molecule has 0 radical (unpaired) electrons. The maximum absolute atomic E-state index is 13.2. The zero-order chi connectivity index (χ0) is 19.7. The number of nitrogens with one attached hydrogen (secondary N) is 1. The number of hydrogen-bond acceptors (Lipinski definition) is 4. The number of ketones is 1. The molecule has 0 bridgehead atoms. The number of aromatic nitrogens is 2. The highest BCUT2D eigenvalue weighted by Crippen LogP contribution is 2.32. The molecule has 1 aliphatic carbocycles. The van der Waals surface area contributed by atoms with E-state index in [9.17, 15) is 14.0 Å². The fraction of sp³-hybridized carbons (Fsp3) is 0.143. The van der Waals surface area contributed by atoms with Gasteiger partial charge in [0.25, 0.3) is 5.91 Å². The Hall–Kier alpha value is -3.12. The van der Waals surface area contributed by atoms with Gasteiger partial charge < -0.3 is 0 Å². The molecule has 0 fully saturated rings. The Bertz CT molecular complexity index is 1050. The summed E-state index contributed by atoms with van der Waals surface area (Å²) in [5.41, 5.74) is 2.34. The Balaban J connectivity index is 1.56. The van der Waals surface area contributed by atoms with Crippen molar-refractivity contribution in [1.82, 2.24) is 9.97 Å². The van der Waals surface area contributed by atoms with E-state index >= 15 is 0 Å². The Morgan fingerprint density at radius 3 is 2.50 bits per heavy atom. The molecular formula is C21H15ClFN3O2. The molecule has 1 aliphatic rings. The van der Waals surface area contributed by atoms with E-state index in [0.29, 0.717) is 34.7 Å². The summed E-state index contributed by atoms with van der Waals surface area (Å²) in [6.07, 6.45) is 2.28. The normalized spacial score (nSPS) is 15.8. The van der Waals surface area contributed by atoms with Crippen LogP contribution in [0.1, 0.15) is 44.3 Å². The molecular weight excluding hydrogens is 381 g/mol. The fourth-order valence-electron chi connectivity index (χ4n) is 3.25. The molecule has 0 saturated heterocycles. The molecule has 1 N–H and O–H groups in total. The molecule has 2 aromatic carbocycles. The molecule has 28 heavy (non-hydrogen) atoms. The third-order valence-corrected chi connectivity index (χ3v) is 4.96. The van der Waals surface area contributed by atoms with E-state index < -0.39 is 0 Å². The molecule has 1 heterocycles. The maximum Gasteiger partial charge on any atom is 0.258 e. The molecule has 4 rings (SSSR count). The number of halogens is 2. The van der Waals surface area contributed by atoms with E-state index in [0.717, 1.165) is 5.56 Å². The minimum atomic E-state index is -0.367. The van der Waals surface area contributed by atoms with Crippen molar-refractivity contribution in [2.75, 3.05) is 5.32 Å². The van der Waals surface area contributed by atoms with Crippen LogP contribution in [0.2, 0.25) is 5.02 Å². The number of carbonyl (C=O) groups excluding carboxylic acids is 2. The van der Waals surface area contributed by atoms with Gasteiger partial charge in [-0.25, -0.2) is 14.4 Å². The number of hydrogen-bond donors (Lipinski definition) is 1. The van der Waals surface area contributed by atoms with Crippen molar-refractivity contribution < 1.29 is 14.0 Å². The second kappa shape index (κ2) is 7.48. The Kier molecular flexibility index (Phi) is 4.88. The van der Waals surface area contributed by atoms with Crippen LogP contribution in [-0.4, -0.2) is 21.7 Å². The van der Waals surface area contributed by atoms with Crippen LogP contribution in [0.5, 0.6) is 0 Å². The summed E-state index contributed by atoms with van der Waals surface area (Å²) in [4.78, 5) is 33.3. The average molecular weight is 396 g/mol. The van der Waals surface area contributed by atoms with Crippen LogP contribution in [0.15, 0.2) is 54.7 Å². The highest BCUT2D eigenvalue weighted by atomic mass is 35.5. The summed E-state index contributed by atoms with van der Waals surface area (Å²) < 4.78 is 13.2. The van der Waals surface area contributed by atoms with Gasteiger partial charge >= 0.3 is 0 Å². The van der Waals surface area contributed by atoms with Gasteiger partial charge in [0.15, 0.2) is 5.78 Å². The Labute approximate surface area is 165 Å². The minimum Gasteiger partial charge on any atom is -0.294 e. The summed E-state index contributed by atoms with van der Waals surface area (Å²) in [6, 6.07) is 12.6. The molecule has 0 spiro atoms. The SMILES string of the molecule is O=C(Nc1ncc2c(n1)C[C@@H](c1ccc(F)cc1)CC2=O)c1ccc(Cl)cc1. The van der Waals surface area contributed by atoms with Crippen molar-refractivity contribution in [3.05, 3.63) is 88.0 Å². The van der Waals surface area contributed by atoms with Crippen LogP contribution in [0, 0.1) is 5.82 Å². The molecule has 140 valence electrons. The lowest BCUT2D eigenvalue weighted by molar-refractivity contribution is 0.0962. The van der Waals surface area contributed by atoms with Crippen molar-refractivity contribution >= 4 is 29.2 Å². The summed E-state index contributed by atoms with van der Waals surface area (Å²) in [6.45, 7) is 0. The number of anilines is 1. The molecule has 7 heteroatoms. The lowest BCUT2D eigenvalue weighted by Crippen LogP contribution is -2.22. The first kappa shape index (κ1) is 18.3. The summed E-state index contributed by atoms with van der Waals surface area (Å²) in [7, 11) is 0. The molecule has 0 unspecified atom stereocenters.